The molecule has 0 bridgehead atoms. The number of nitriles is 1. The highest BCUT2D eigenvalue weighted by molar-refractivity contribution is 8.01. The van der Waals surface area contributed by atoms with Crippen LogP contribution >= 0.6 is 11.8 Å². The van der Waals surface area contributed by atoms with E-state index in [9.17, 15) is 19.6 Å². The van der Waals surface area contributed by atoms with Gasteiger partial charge < -0.3 is 19.9 Å². The molecule has 10 heteroatoms. The lowest BCUT2D eigenvalue weighted by Crippen LogP contribution is -2.50. The number of nitrogens with one attached hydrogen (secondary N) is 2. The Labute approximate surface area is 167 Å². The minimum Gasteiger partial charge on any atom is -0.455 e. The molecule has 2 N–H and O–H groups in total. The average Bonchev–Trinajstić information content (AvgIpc) is 3.09. The maximum atomic E-state index is 12.0. The average molecular weight is 408 g/mol. The van der Waals surface area contributed by atoms with E-state index in [0.717, 1.165) is 31.0 Å². The van der Waals surface area contributed by atoms with Crippen LogP contribution in [0, 0.1) is 18.3 Å². The molecule has 1 aromatic rings. The number of amides is 2. The summed E-state index contributed by atoms with van der Waals surface area (Å²) in [5.74, 6) is -0.617. The molecule has 1 aliphatic rings. The first kappa shape index (κ1) is 21.8. The van der Waals surface area contributed by atoms with Crippen molar-refractivity contribution in [3.05, 3.63) is 11.8 Å². The fourth-order valence-corrected chi connectivity index (χ4v) is 3.51. The van der Waals surface area contributed by atoms with E-state index in [2.05, 4.69) is 21.9 Å². The molecular formula is C18H24N4O5S. The minimum atomic E-state index is -0.859. The quantitative estimate of drug-likeness (QED) is 0.623. The normalized spacial score (nSPS) is 16.5. The minimum absolute atomic E-state index is 0.0803. The summed E-state index contributed by atoms with van der Waals surface area (Å²) in [6.45, 7) is 2.91. The Kier molecular flexibility index (Phi) is 7.87. The molecule has 2 rings (SSSR count). The Bertz CT molecular complexity index is 751. The van der Waals surface area contributed by atoms with Crippen molar-refractivity contribution in [2.45, 2.75) is 56.7 Å². The van der Waals surface area contributed by atoms with Crippen LogP contribution < -0.4 is 10.6 Å². The maximum absolute atomic E-state index is 12.0. The second-order valence-electron chi connectivity index (χ2n) is 6.73. The molecule has 152 valence electrons. The fraction of sp³-hybridized carbons (Fsp3) is 0.611. The largest absolute Gasteiger partial charge is 0.455 e. The second-order valence-corrected chi connectivity index (χ2v) is 8.06. The van der Waals surface area contributed by atoms with E-state index in [1.165, 1.54) is 0 Å². The van der Waals surface area contributed by atoms with Crippen LogP contribution in [-0.4, -0.2) is 46.1 Å². The van der Waals surface area contributed by atoms with Crippen molar-refractivity contribution >= 4 is 35.4 Å². The van der Waals surface area contributed by atoms with Gasteiger partial charge in [0.25, 0.3) is 5.91 Å². The van der Waals surface area contributed by atoms with Gasteiger partial charge in [0, 0.05) is 6.07 Å². The van der Waals surface area contributed by atoms with Crippen molar-refractivity contribution in [1.29, 1.82) is 5.26 Å². The molecular weight excluding hydrogens is 384 g/mol. The van der Waals surface area contributed by atoms with E-state index in [1.807, 2.05) is 0 Å². The van der Waals surface area contributed by atoms with Gasteiger partial charge in [0.05, 0.1) is 17.1 Å². The van der Waals surface area contributed by atoms with Crippen LogP contribution in [0.5, 0.6) is 0 Å². The predicted octanol–water partition coefficient (Wildman–Crippen LogP) is 1.93. The van der Waals surface area contributed by atoms with Gasteiger partial charge in [0.15, 0.2) is 12.4 Å². The molecule has 1 atom stereocenters. The van der Waals surface area contributed by atoms with Gasteiger partial charge in [-0.3, -0.25) is 14.4 Å². The van der Waals surface area contributed by atoms with Crippen molar-refractivity contribution in [2.24, 2.45) is 0 Å². The predicted molar refractivity (Wildman–Crippen MR) is 102 cm³/mol. The summed E-state index contributed by atoms with van der Waals surface area (Å²) < 4.78 is 9.81. The van der Waals surface area contributed by atoms with E-state index < -0.39 is 29.3 Å². The van der Waals surface area contributed by atoms with Crippen molar-refractivity contribution in [1.82, 2.24) is 10.5 Å². The number of carbonyl (C=O) groups is 3. The van der Waals surface area contributed by atoms with Crippen LogP contribution in [0.4, 0.5) is 5.82 Å². The molecule has 1 saturated carbocycles. The topological polar surface area (TPSA) is 134 Å². The lowest BCUT2D eigenvalue weighted by molar-refractivity contribution is -0.146. The zero-order chi connectivity index (χ0) is 20.6. The number of hydrogen-bond acceptors (Lipinski definition) is 8. The van der Waals surface area contributed by atoms with Crippen molar-refractivity contribution in [2.75, 3.05) is 17.7 Å². The van der Waals surface area contributed by atoms with E-state index >= 15 is 0 Å². The van der Waals surface area contributed by atoms with E-state index in [0.29, 0.717) is 24.4 Å². The van der Waals surface area contributed by atoms with Crippen LogP contribution in [0.25, 0.3) is 0 Å². The summed E-state index contributed by atoms with van der Waals surface area (Å²) in [7, 11) is 0. The summed E-state index contributed by atoms with van der Waals surface area (Å²) in [5.41, 5.74) is -0.859. The Morgan fingerprint density at radius 2 is 2.11 bits per heavy atom. The highest BCUT2D eigenvalue weighted by Crippen LogP contribution is 2.27. The third-order valence-corrected chi connectivity index (χ3v) is 5.48. The molecule has 1 aliphatic carbocycles. The molecule has 0 aliphatic heterocycles. The number of esters is 1. The monoisotopic (exact) mass is 408 g/mol. The Morgan fingerprint density at radius 1 is 1.39 bits per heavy atom. The Balaban J connectivity index is 1.68. The van der Waals surface area contributed by atoms with Crippen LogP contribution in [0.3, 0.4) is 0 Å². The number of ether oxygens (including phenoxy) is 1. The summed E-state index contributed by atoms with van der Waals surface area (Å²) in [5, 5.41) is 17.8. The summed E-state index contributed by atoms with van der Waals surface area (Å²) >= 11 is 1.08. The number of nitrogens with zero attached hydrogens (tertiary/aromatic N) is 2. The van der Waals surface area contributed by atoms with Crippen molar-refractivity contribution < 1.29 is 23.6 Å². The highest BCUT2D eigenvalue weighted by atomic mass is 32.2. The second kappa shape index (κ2) is 10.1. The lowest BCUT2D eigenvalue weighted by atomic mass is 9.83. The Hall–Kier alpha value is -2.54. The highest BCUT2D eigenvalue weighted by Gasteiger charge is 2.33. The van der Waals surface area contributed by atoms with Gasteiger partial charge in [-0.1, -0.05) is 24.4 Å². The summed E-state index contributed by atoms with van der Waals surface area (Å²) in [6.07, 6.45) is 4.04. The van der Waals surface area contributed by atoms with E-state index in [1.54, 1.807) is 19.9 Å². The standard InChI is InChI=1S/C18H24N4O5S/c1-12-8-14(22-27-12)20-17(25)13(2)28-10-16(24)26-9-15(23)21-18(11-19)6-4-3-5-7-18/h8,13H,3-7,9-10H2,1-2H3,(H,21,23)(H,20,22,25)/t13-/m1/s1. The van der Waals surface area contributed by atoms with Gasteiger partial charge in [-0.2, -0.15) is 5.26 Å². The van der Waals surface area contributed by atoms with Crippen LogP contribution in [0.2, 0.25) is 0 Å². The van der Waals surface area contributed by atoms with Crippen LogP contribution in [0.15, 0.2) is 10.6 Å². The summed E-state index contributed by atoms with van der Waals surface area (Å²) in [4.78, 5) is 35.9. The van der Waals surface area contributed by atoms with E-state index in [-0.39, 0.29) is 11.7 Å². The number of rotatable bonds is 8. The van der Waals surface area contributed by atoms with Crippen molar-refractivity contribution in [3.63, 3.8) is 0 Å². The molecule has 1 aromatic heterocycles. The van der Waals surface area contributed by atoms with Gasteiger partial charge in [-0.05, 0) is 26.7 Å². The number of anilines is 1. The van der Waals surface area contributed by atoms with Crippen molar-refractivity contribution in [3.8, 4) is 6.07 Å². The first-order chi connectivity index (χ1) is 13.3. The van der Waals surface area contributed by atoms with Gasteiger partial charge in [-0.15, -0.1) is 11.8 Å². The number of aromatic nitrogens is 1. The SMILES string of the molecule is Cc1cc(NC(=O)[C@@H](C)SCC(=O)OCC(=O)NC2(C#N)CCCCC2)no1. The Morgan fingerprint density at radius 3 is 2.71 bits per heavy atom. The first-order valence-electron chi connectivity index (χ1n) is 9.07. The summed E-state index contributed by atoms with van der Waals surface area (Å²) in [6, 6.07) is 3.76. The number of thioether (sulfide) groups is 1. The maximum Gasteiger partial charge on any atom is 0.316 e. The van der Waals surface area contributed by atoms with Gasteiger partial charge in [-0.25, -0.2) is 0 Å². The van der Waals surface area contributed by atoms with Gasteiger partial charge in [0.2, 0.25) is 5.91 Å². The molecule has 2 amide bonds. The number of hydrogen-bond donors (Lipinski definition) is 2. The zero-order valence-corrected chi connectivity index (χ0v) is 16.8. The fourth-order valence-electron chi connectivity index (χ4n) is 2.83. The molecule has 0 spiro atoms. The smallest absolute Gasteiger partial charge is 0.316 e. The van der Waals surface area contributed by atoms with Gasteiger partial charge >= 0.3 is 5.97 Å². The number of aryl methyl sites for hydroxylation is 1. The molecule has 0 aromatic carbocycles. The third kappa shape index (κ3) is 6.56. The third-order valence-electron chi connectivity index (χ3n) is 4.36. The van der Waals surface area contributed by atoms with Crippen LogP contribution in [0.1, 0.15) is 44.8 Å². The van der Waals surface area contributed by atoms with Crippen LogP contribution in [-0.2, 0) is 19.1 Å². The number of carbonyl (C=O) groups excluding carboxylic acids is 3. The van der Waals surface area contributed by atoms with Gasteiger partial charge in [0.1, 0.15) is 11.3 Å². The molecule has 0 radical (unpaired) electrons. The molecule has 0 unspecified atom stereocenters. The molecule has 1 heterocycles. The molecule has 28 heavy (non-hydrogen) atoms. The zero-order valence-electron chi connectivity index (χ0n) is 15.9. The first-order valence-corrected chi connectivity index (χ1v) is 10.1. The molecule has 0 saturated heterocycles. The molecule has 1 fully saturated rings. The van der Waals surface area contributed by atoms with E-state index in [4.69, 9.17) is 9.26 Å². The molecule has 9 nitrogen and oxygen atoms in total. The lowest BCUT2D eigenvalue weighted by Gasteiger charge is -2.31.